The van der Waals surface area contributed by atoms with Gasteiger partial charge >= 0.3 is 5.97 Å². The van der Waals surface area contributed by atoms with Crippen molar-refractivity contribution in [2.24, 2.45) is 10.9 Å². The van der Waals surface area contributed by atoms with Crippen molar-refractivity contribution in [2.45, 2.75) is 13.8 Å². The van der Waals surface area contributed by atoms with Crippen LogP contribution >= 0.6 is 0 Å². The van der Waals surface area contributed by atoms with Crippen LogP contribution in [-0.4, -0.2) is 38.4 Å². The van der Waals surface area contributed by atoms with Crippen LogP contribution in [0.3, 0.4) is 0 Å². The molecular weight excluding hydrogens is 186 g/mol. The molecule has 0 radical (unpaired) electrons. The summed E-state index contributed by atoms with van der Waals surface area (Å²) in [4.78, 5) is 23.9. The van der Waals surface area contributed by atoms with Gasteiger partial charge in [0.05, 0.1) is 25.7 Å². The van der Waals surface area contributed by atoms with Crippen LogP contribution in [0.15, 0.2) is 4.99 Å². The molecule has 0 rings (SSSR count). The van der Waals surface area contributed by atoms with Crippen molar-refractivity contribution in [3.63, 3.8) is 0 Å². The molecule has 14 heavy (non-hydrogen) atoms. The summed E-state index contributed by atoms with van der Waals surface area (Å²) in [7, 11) is 0. The minimum Gasteiger partial charge on any atom is -0.463 e. The molecule has 0 saturated carbocycles. The van der Waals surface area contributed by atoms with Crippen molar-refractivity contribution >= 4 is 12.0 Å². The van der Waals surface area contributed by atoms with Crippen LogP contribution < -0.4 is 0 Å². The van der Waals surface area contributed by atoms with Crippen LogP contribution in [0.4, 0.5) is 0 Å². The fraction of sp³-hybridized carbons (Fsp3) is 0.778. The number of hydrogen-bond donors (Lipinski definition) is 0. The van der Waals surface area contributed by atoms with E-state index in [0.29, 0.717) is 19.8 Å². The Morgan fingerprint density at radius 2 is 2.07 bits per heavy atom. The zero-order valence-electron chi connectivity index (χ0n) is 8.49. The summed E-state index contributed by atoms with van der Waals surface area (Å²) in [5, 5.41) is 0. The number of rotatable bonds is 7. The number of aliphatic imine (C=N–C) groups is 1. The van der Waals surface area contributed by atoms with Crippen molar-refractivity contribution in [1.29, 1.82) is 0 Å². The quantitative estimate of drug-likeness (QED) is 0.261. The third-order valence-electron chi connectivity index (χ3n) is 1.36. The molecule has 0 fully saturated rings. The largest absolute Gasteiger partial charge is 0.463 e. The lowest BCUT2D eigenvalue weighted by Gasteiger charge is -2.06. The topological polar surface area (TPSA) is 65.0 Å². The molecule has 0 unspecified atom stereocenters. The minimum absolute atomic E-state index is 0.116. The first-order valence-corrected chi connectivity index (χ1v) is 4.46. The molecule has 0 atom stereocenters. The monoisotopic (exact) mass is 201 g/mol. The lowest BCUT2D eigenvalue weighted by molar-refractivity contribution is -0.148. The van der Waals surface area contributed by atoms with Crippen LogP contribution in [0.25, 0.3) is 0 Å². The van der Waals surface area contributed by atoms with Crippen molar-refractivity contribution < 1.29 is 19.1 Å². The molecule has 5 nitrogen and oxygen atoms in total. The van der Waals surface area contributed by atoms with Crippen LogP contribution in [0, 0.1) is 5.92 Å². The smallest absolute Gasteiger partial charge is 0.308 e. The van der Waals surface area contributed by atoms with E-state index in [1.54, 1.807) is 13.8 Å². The van der Waals surface area contributed by atoms with Crippen LogP contribution in [-0.2, 0) is 19.1 Å². The summed E-state index contributed by atoms with van der Waals surface area (Å²) < 4.78 is 9.85. The van der Waals surface area contributed by atoms with Gasteiger partial charge in [-0.25, -0.2) is 9.79 Å². The highest BCUT2D eigenvalue weighted by Crippen LogP contribution is 1.94. The SMILES string of the molecule is CC(C)C(=O)OCCOCCN=C=O. The lowest BCUT2D eigenvalue weighted by atomic mass is 10.2. The van der Waals surface area contributed by atoms with E-state index in [2.05, 4.69) is 4.99 Å². The number of hydrogen-bond acceptors (Lipinski definition) is 5. The number of ether oxygens (including phenoxy) is 2. The van der Waals surface area contributed by atoms with Crippen molar-refractivity contribution in [2.75, 3.05) is 26.4 Å². The predicted octanol–water partition coefficient (Wildman–Crippen LogP) is 0.538. The molecule has 0 heterocycles. The summed E-state index contributed by atoms with van der Waals surface area (Å²) in [6.45, 7) is 4.73. The summed E-state index contributed by atoms with van der Waals surface area (Å²) >= 11 is 0. The average Bonchev–Trinajstić information content (AvgIpc) is 2.16. The third kappa shape index (κ3) is 7.46. The number of carbonyl (C=O) groups is 1. The zero-order chi connectivity index (χ0) is 10.8. The number of esters is 1. The molecule has 80 valence electrons. The number of nitrogens with zero attached hydrogens (tertiary/aromatic N) is 1. The Morgan fingerprint density at radius 3 is 2.64 bits per heavy atom. The van der Waals surface area contributed by atoms with Gasteiger partial charge in [0.1, 0.15) is 6.61 Å². The van der Waals surface area contributed by atoms with E-state index < -0.39 is 0 Å². The van der Waals surface area contributed by atoms with E-state index >= 15 is 0 Å². The highest BCUT2D eigenvalue weighted by atomic mass is 16.6. The molecule has 0 bridgehead atoms. The van der Waals surface area contributed by atoms with Gasteiger partial charge in [-0.3, -0.25) is 4.79 Å². The predicted molar refractivity (Wildman–Crippen MR) is 49.6 cm³/mol. The van der Waals surface area contributed by atoms with E-state index in [1.807, 2.05) is 0 Å². The molecule has 0 aromatic carbocycles. The second kappa shape index (κ2) is 8.41. The van der Waals surface area contributed by atoms with Crippen LogP contribution in [0.1, 0.15) is 13.8 Å². The van der Waals surface area contributed by atoms with E-state index in [9.17, 15) is 9.59 Å². The van der Waals surface area contributed by atoms with E-state index in [4.69, 9.17) is 9.47 Å². The molecule has 0 aliphatic carbocycles. The van der Waals surface area contributed by atoms with Gasteiger partial charge in [0, 0.05) is 0 Å². The second-order valence-corrected chi connectivity index (χ2v) is 2.91. The van der Waals surface area contributed by atoms with Crippen molar-refractivity contribution in [1.82, 2.24) is 0 Å². The third-order valence-corrected chi connectivity index (χ3v) is 1.36. The molecule has 0 aromatic heterocycles. The first-order chi connectivity index (χ1) is 6.68. The fourth-order valence-electron chi connectivity index (χ4n) is 0.626. The Morgan fingerprint density at radius 1 is 1.36 bits per heavy atom. The maximum Gasteiger partial charge on any atom is 0.308 e. The van der Waals surface area contributed by atoms with Gasteiger partial charge in [-0.15, -0.1) is 0 Å². The molecule has 0 aromatic rings. The molecule has 0 N–H and O–H groups in total. The van der Waals surface area contributed by atoms with Gasteiger partial charge in [-0.05, 0) is 0 Å². The van der Waals surface area contributed by atoms with Gasteiger partial charge < -0.3 is 9.47 Å². The van der Waals surface area contributed by atoms with Crippen molar-refractivity contribution in [3.8, 4) is 0 Å². The van der Waals surface area contributed by atoms with E-state index in [0.717, 1.165) is 0 Å². The summed E-state index contributed by atoms with van der Waals surface area (Å²) in [5.41, 5.74) is 0. The van der Waals surface area contributed by atoms with Gasteiger partial charge in [0.2, 0.25) is 6.08 Å². The van der Waals surface area contributed by atoms with Gasteiger partial charge in [-0.1, -0.05) is 13.8 Å². The molecular formula is C9H15NO4. The Bertz CT molecular complexity index is 209. The van der Waals surface area contributed by atoms with Gasteiger partial charge in [0.25, 0.3) is 0 Å². The molecule has 0 amide bonds. The van der Waals surface area contributed by atoms with Gasteiger partial charge in [0.15, 0.2) is 0 Å². The fourth-order valence-corrected chi connectivity index (χ4v) is 0.626. The summed E-state index contributed by atoms with van der Waals surface area (Å²) in [6, 6.07) is 0. The van der Waals surface area contributed by atoms with Crippen molar-refractivity contribution in [3.05, 3.63) is 0 Å². The Labute approximate surface area is 83.1 Å². The van der Waals surface area contributed by atoms with E-state index in [1.165, 1.54) is 6.08 Å². The Balaban J connectivity index is 3.21. The van der Waals surface area contributed by atoms with Gasteiger partial charge in [-0.2, -0.15) is 0 Å². The normalized spacial score (nSPS) is 9.64. The lowest BCUT2D eigenvalue weighted by Crippen LogP contribution is -2.15. The zero-order valence-corrected chi connectivity index (χ0v) is 8.49. The first kappa shape index (κ1) is 12.8. The average molecular weight is 201 g/mol. The standard InChI is InChI=1S/C9H15NO4/c1-8(2)9(12)14-6-5-13-4-3-10-7-11/h8H,3-6H2,1-2H3. The summed E-state index contributed by atoms with van der Waals surface area (Å²) in [5.74, 6) is -0.353. The number of isocyanates is 1. The Hall–Kier alpha value is -1.19. The van der Waals surface area contributed by atoms with Crippen LogP contribution in [0.2, 0.25) is 0 Å². The maximum atomic E-state index is 10.9. The highest BCUT2D eigenvalue weighted by Gasteiger charge is 2.06. The first-order valence-electron chi connectivity index (χ1n) is 4.46. The minimum atomic E-state index is -0.237. The second-order valence-electron chi connectivity index (χ2n) is 2.91. The molecule has 0 aliphatic rings. The van der Waals surface area contributed by atoms with Crippen LogP contribution in [0.5, 0.6) is 0 Å². The molecule has 0 spiro atoms. The molecule has 5 heteroatoms. The molecule has 0 aliphatic heterocycles. The highest BCUT2D eigenvalue weighted by molar-refractivity contribution is 5.71. The van der Waals surface area contributed by atoms with E-state index in [-0.39, 0.29) is 18.5 Å². The molecule has 0 saturated heterocycles. The maximum absolute atomic E-state index is 10.9. The summed E-state index contributed by atoms with van der Waals surface area (Å²) in [6.07, 6.45) is 1.40. The number of carbonyl (C=O) groups excluding carboxylic acids is 2. The Kier molecular flexibility index (Phi) is 7.70.